The van der Waals surface area contributed by atoms with Crippen LogP contribution in [0.25, 0.3) is 11.3 Å². The Morgan fingerprint density at radius 3 is 2.33 bits per heavy atom. The molecule has 0 radical (unpaired) electrons. The van der Waals surface area contributed by atoms with Gasteiger partial charge in [0.05, 0.1) is 11.3 Å². The van der Waals surface area contributed by atoms with Gasteiger partial charge >= 0.3 is 12.2 Å². The first-order chi connectivity index (χ1) is 15.7. The van der Waals surface area contributed by atoms with E-state index in [1.165, 1.54) is 23.5 Å². The molecule has 3 aromatic rings. The van der Waals surface area contributed by atoms with Crippen LogP contribution in [-0.2, 0) is 18.2 Å². The van der Waals surface area contributed by atoms with Crippen LogP contribution in [0, 0.1) is 0 Å². The van der Waals surface area contributed by atoms with Crippen molar-refractivity contribution in [3.05, 3.63) is 70.0 Å². The molecule has 0 saturated carbocycles. The highest BCUT2D eigenvalue weighted by atomic mass is 32.1. The van der Waals surface area contributed by atoms with E-state index in [2.05, 4.69) is 12.2 Å². The number of hydrogen-bond acceptors (Lipinski definition) is 4. The summed E-state index contributed by atoms with van der Waals surface area (Å²) in [6, 6.07) is 13.8. The quantitative estimate of drug-likeness (QED) is 0.493. The van der Waals surface area contributed by atoms with Gasteiger partial charge in [0.15, 0.2) is 0 Å². The monoisotopic (exact) mass is 475 g/mol. The number of halogens is 3. The first-order valence-corrected chi connectivity index (χ1v) is 11.5. The second-order valence-electron chi connectivity index (χ2n) is 8.03. The van der Waals surface area contributed by atoms with Crippen LogP contribution in [0.2, 0.25) is 0 Å². The van der Waals surface area contributed by atoms with Crippen LogP contribution < -0.4 is 5.32 Å². The predicted octanol–water partition coefficient (Wildman–Crippen LogP) is 5.91. The molecule has 2 heterocycles. The van der Waals surface area contributed by atoms with Crippen LogP contribution in [0.4, 0.5) is 23.7 Å². The van der Waals surface area contributed by atoms with Crippen molar-refractivity contribution in [3.8, 4) is 11.3 Å². The Bertz CT molecular complexity index is 1110. The average molecular weight is 476 g/mol. The lowest BCUT2D eigenvalue weighted by molar-refractivity contribution is -0.137. The fourth-order valence-electron chi connectivity index (χ4n) is 3.85. The Morgan fingerprint density at radius 2 is 1.76 bits per heavy atom. The highest BCUT2D eigenvalue weighted by molar-refractivity contribution is 7.12. The van der Waals surface area contributed by atoms with E-state index in [1.807, 2.05) is 30.3 Å². The third-order valence-electron chi connectivity index (χ3n) is 5.81. The number of rotatable bonds is 4. The number of nitrogens with zero attached hydrogens (tertiary/aromatic N) is 2. The molecule has 1 aliphatic rings. The maximum atomic E-state index is 12.7. The van der Waals surface area contributed by atoms with E-state index in [-0.39, 0.29) is 5.69 Å². The van der Waals surface area contributed by atoms with Crippen molar-refractivity contribution in [2.75, 3.05) is 18.4 Å². The van der Waals surface area contributed by atoms with Crippen LogP contribution in [0.3, 0.4) is 0 Å². The van der Waals surface area contributed by atoms with Crippen molar-refractivity contribution in [3.63, 3.8) is 0 Å². The van der Waals surface area contributed by atoms with Gasteiger partial charge in [-0.05, 0) is 30.7 Å². The van der Waals surface area contributed by atoms with Crippen LogP contribution >= 0.6 is 11.3 Å². The molecule has 0 atom stereocenters. The number of aryl methyl sites for hydroxylation is 1. The molecule has 2 aromatic carbocycles. The zero-order valence-electron chi connectivity index (χ0n) is 18.0. The molecule has 1 aromatic heterocycles. The average Bonchev–Trinajstić information content (AvgIpc) is 3.25. The molecule has 0 spiro atoms. The summed E-state index contributed by atoms with van der Waals surface area (Å²) >= 11 is 1.50. The number of aromatic nitrogens is 1. The van der Waals surface area contributed by atoms with E-state index in [1.54, 1.807) is 4.90 Å². The summed E-state index contributed by atoms with van der Waals surface area (Å²) < 4.78 is 38.1. The molecule has 2 amide bonds. The fourth-order valence-corrected chi connectivity index (χ4v) is 5.02. The second-order valence-corrected chi connectivity index (χ2v) is 9.12. The smallest absolute Gasteiger partial charge is 0.383 e. The number of nitrogens with one attached hydrogen (secondary N) is 1. The molecule has 1 saturated heterocycles. The van der Waals surface area contributed by atoms with E-state index >= 15 is 0 Å². The van der Waals surface area contributed by atoms with Crippen molar-refractivity contribution < 1.29 is 23.1 Å². The summed E-state index contributed by atoms with van der Waals surface area (Å²) in [5.74, 6) is 0. The normalized spacial score (nSPS) is 16.0. The van der Waals surface area contributed by atoms with Gasteiger partial charge in [0.25, 0.3) is 0 Å². The number of piperidine rings is 1. The number of carbonyl (C=O) groups is 1. The van der Waals surface area contributed by atoms with Gasteiger partial charge in [0, 0.05) is 42.1 Å². The molecule has 2 N–H and O–H groups in total. The zero-order valence-corrected chi connectivity index (χ0v) is 18.8. The molecule has 4 rings (SSSR count). The summed E-state index contributed by atoms with van der Waals surface area (Å²) in [4.78, 5) is 20.0. The molecule has 1 aliphatic heterocycles. The first kappa shape index (κ1) is 23.3. The van der Waals surface area contributed by atoms with Crippen molar-refractivity contribution >= 4 is 23.1 Å². The Balaban J connectivity index is 1.42. The highest BCUT2D eigenvalue weighted by Gasteiger charge is 2.39. The summed E-state index contributed by atoms with van der Waals surface area (Å²) in [7, 11) is 0. The van der Waals surface area contributed by atoms with E-state index in [9.17, 15) is 23.1 Å². The van der Waals surface area contributed by atoms with Crippen molar-refractivity contribution in [2.45, 2.75) is 38.0 Å². The molecule has 174 valence electrons. The van der Waals surface area contributed by atoms with Gasteiger partial charge in [-0.3, -0.25) is 0 Å². The lowest BCUT2D eigenvalue weighted by atomic mass is 9.92. The molecule has 1 fully saturated rings. The van der Waals surface area contributed by atoms with Gasteiger partial charge in [-0.1, -0.05) is 37.3 Å². The molecule has 5 nitrogen and oxygen atoms in total. The standard InChI is InChI=1S/C24H24F3N3O2S/c1-2-19-20(16-6-4-3-5-7-16)29-21(33-19)23(32)12-14-30(15-13-23)22(31)28-18-10-8-17(9-11-18)24(25,26)27/h3-11,32H,2,12-15H2,1H3,(H,28,31). The minimum Gasteiger partial charge on any atom is -0.383 e. The van der Waals surface area contributed by atoms with E-state index in [4.69, 9.17) is 4.98 Å². The third-order valence-corrected chi connectivity index (χ3v) is 7.20. The minimum atomic E-state index is -4.42. The van der Waals surface area contributed by atoms with Crippen molar-refractivity contribution in [1.82, 2.24) is 9.88 Å². The molecular formula is C24H24F3N3O2S. The van der Waals surface area contributed by atoms with Crippen LogP contribution in [0.5, 0.6) is 0 Å². The molecule has 33 heavy (non-hydrogen) atoms. The van der Waals surface area contributed by atoms with Crippen LogP contribution in [-0.4, -0.2) is 34.1 Å². The summed E-state index contributed by atoms with van der Waals surface area (Å²) in [6.07, 6.45) is -2.95. The minimum absolute atomic E-state index is 0.286. The lowest BCUT2D eigenvalue weighted by Crippen LogP contribution is -2.46. The number of likely N-dealkylation sites (tertiary alicyclic amines) is 1. The Morgan fingerprint density at radius 1 is 1.12 bits per heavy atom. The number of alkyl halides is 3. The molecule has 9 heteroatoms. The van der Waals surface area contributed by atoms with Gasteiger partial charge in [-0.25, -0.2) is 9.78 Å². The van der Waals surface area contributed by atoms with Crippen molar-refractivity contribution in [2.24, 2.45) is 0 Å². The number of urea groups is 1. The maximum absolute atomic E-state index is 12.7. The van der Waals surface area contributed by atoms with Crippen LogP contribution in [0.1, 0.15) is 35.2 Å². The predicted molar refractivity (Wildman–Crippen MR) is 122 cm³/mol. The maximum Gasteiger partial charge on any atom is 0.416 e. The largest absolute Gasteiger partial charge is 0.416 e. The molecular weight excluding hydrogens is 451 g/mol. The zero-order chi connectivity index (χ0) is 23.6. The Labute approximate surface area is 193 Å². The Kier molecular flexibility index (Phi) is 6.45. The van der Waals surface area contributed by atoms with Crippen LogP contribution in [0.15, 0.2) is 54.6 Å². The highest BCUT2D eigenvalue weighted by Crippen LogP contribution is 2.39. The third kappa shape index (κ3) is 5.04. The second kappa shape index (κ2) is 9.15. The fraction of sp³-hybridized carbons (Fsp3) is 0.333. The van der Waals surface area contributed by atoms with E-state index < -0.39 is 23.4 Å². The van der Waals surface area contributed by atoms with Gasteiger partial charge in [0.2, 0.25) is 0 Å². The van der Waals surface area contributed by atoms with Crippen molar-refractivity contribution in [1.29, 1.82) is 0 Å². The van der Waals surface area contributed by atoms with E-state index in [0.717, 1.165) is 34.7 Å². The number of anilines is 1. The van der Waals surface area contributed by atoms with Gasteiger partial charge in [0.1, 0.15) is 10.6 Å². The SMILES string of the molecule is CCc1sc(C2(O)CCN(C(=O)Nc3ccc(C(F)(F)F)cc3)CC2)nc1-c1ccccc1. The lowest BCUT2D eigenvalue weighted by Gasteiger charge is -2.36. The van der Waals surface area contributed by atoms with E-state index in [0.29, 0.717) is 30.9 Å². The topological polar surface area (TPSA) is 65.5 Å². The number of hydrogen-bond donors (Lipinski definition) is 2. The number of carbonyl (C=O) groups excluding carboxylic acids is 1. The number of amides is 2. The first-order valence-electron chi connectivity index (χ1n) is 10.7. The summed E-state index contributed by atoms with van der Waals surface area (Å²) in [5.41, 5.74) is 0.289. The number of thiazole rings is 1. The number of aliphatic hydroxyl groups is 1. The molecule has 0 aliphatic carbocycles. The number of benzene rings is 2. The van der Waals surface area contributed by atoms with Gasteiger partial charge in [-0.2, -0.15) is 13.2 Å². The summed E-state index contributed by atoms with van der Waals surface area (Å²) in [5, 5.41) is 14.6. The van der Waals surface area contributed by atoms with Gasteiger partial charge in [-0.15, -0.1) is 11.3 Å². The molecule has 0 unspecified atom stereocenters. The Hall–Kier alpha value is -2.91. The summed E-state index contributed by atoms with van der Waals surface area (Å²) in [6.45, 7) is 2.68. The van der Waals surface area contributed by atoms with Gasteiger partial charge < -0.3 is 15.3 Å². The molecule has 0 bridgehead atoms.